The molecule has 2 aromatic carbocycles. The molecule has 162 valence electrons. The van der Waals surface area contributed by atoms with Gasteiger partial charge in [-0.3, -0.25) is 4.57 Å². The Morgan fingerprint density at radius 2 is 1.84 bits per heavy atom. The highest BCUT2D eigenvalue weighted by Gasteiger charge is 2.12. The SMILES string of the molecule is C/C=C(\C)c1nc(COc2ccc(OCC(=O)O)c(C)c2)cn1-c1ccc(OC)cc1. The van der Waals surface area contributed by atoms with Crippen molar-refractivity contribution < 1.29 is 24.1 Å². The maximum Gasteiger partial charge on any atom is 0.341 e. The molecule has 0 bridgehead atoms. The number of aliphatic carboxylic acids is 1. The van der Waals surface area contributed by atoms with E-state index in [2.05, 4.69) is 0 Å². The Bertz CT molecular complexity index is 1080. The topological polar surface area (TPSA) is 82.8 Å². The third-order valence-electron chi connectivity index (χ3n) is 4.78. The van der Waals surface area contributed by atoms with Gasteiger partial charge in [-0.15, -0.1) is 0 Å². The van der Waals surface area contributed by atoms with E-state index in [0.29, 0.717) is 18.1 Å². The van der Waals surface area contributed by atoms with Crippen LogP contribution in [-0.2, 0) is 11.4 Å². The first-order chi connectivity index (χ1) is 14.9. The molecular weight excluding hydrogens is 396 g/mol. The van der Waals surface area contributed by atoms with E-state index >= 15 is 0 Å². The molecule has 3 aromatic rings. The third-order valence-corrected chi connectivity index (χ3v) is 4.78. The van der Waals surface area contributed by atoms with Crippen LogP contribution in [0.3, 0.4) is 0 Å². The molecular formula is C24H26N2O5. The Labute approximate surface area is 181 Å². The van der Waals surface area contributed by atoms with Crippen LogP contribution < -0.4 is 14.2 Å². The maximum atomic E-state index is 10.7. The van der Waals surface area contributed by atoms with E-state index in [9.17, 15) is 4.79 Å². The van der Waals surface area contributed by atoms with Crippen LogP contribution in [0.4, 0.5) is 0 Å². The lowest BCUT2D eigenvalue weighted by Crippen LogP contribution is -2.10. The van der Waals surface area contributed by atoms with Gasteiger partial charge in [-0.2, -0.15) is 0 Å². The molecule has 0 spiro atoms. The van der Waals surface area contributed by atoms with Crippen molar-refractivity contribution in [3.63, 3.8) is 0 Å². The number of aryl methyl sites for hydroxylation is 1. The first kappa shape index (κ1) is 22.0. The van der Waals surface area contributed by atoms with Gasteiger partial charge in [0.15, 0.2) is 6.61 Å². The fourth-order valence-corrected chi connectivity index (χ4v) is 3.02. The number of aromatic nitrogens is 2. The molecule has 0 amide bonds. The fraction of sp³-hybridized carbons (Fsp3) is 0.250. The number of hydrogen-bond donors (Lipinski definition) is 1. The van der Waals surface area contributed by atoms with Crippen molar-refractivity contribution in [1.29, 1.82) is 0 Å². The standard InChI is InChI=1S/C24H26N2O5/c1-5-16(2)24-25-18(13-26(24)19-6-8-20(29-4)9-7-19)14-30-21-10-11-22(17(3)12-21)31-15-23(27)28/h5-13H,14-15H2,1-4H3,(H,27,28)/b16-5+. The summed E-state index contributed by atoms with van der Waals surface area (Å²) in [4.78, 5) is 15.4. The molecule has 1 heterocycles. The lowest BCUT2D eigenvalue weighted by molar-refractivity contribution is -0.139. The zero-order valence-electron chi connectivity index (χ0n) is 18.1. The summed E-state index contributed by atoms with van der Waals surface area (Å²) in [6.45, 7) is 5.76. The van der Waals surface area contributed by atoms with Crippen LogP contribution in [0.1, 0.15) is 30.9 Å². The van der Waals surface area contributed by atoms with Crippen LogP contribution in [0.15, 0.2) is 54.7 Å². The van der Waals surface area contributed by atoms with Crippen molar-refractivity contribution in [1.82, 2.24) is 9.55 Å². The number of carboxylic acids is 1. The van der Waals surface area contributed by atoms with Crippen molar-refractivity contribution in [3.05, 3.63) is 71.8 Å². The average Bonchev–Trinajstić information content (AvgIpc) is 3.20. The Morgan fingerprint density at radius 3 is 2.45 bits per heavy atom. The van der Waals surface area contributed by atoms with Crippen molar-refractivity contribution in [3.8, 4) is 22.9 Å². The Hall–Kier alpha value is -3.74. The Balaban J connectivity index is 1.78. The quantitative estimate of drug-likeness (QED) is 0.540. The van der Waals surface area contributed by atoms with Crippen LogP contribution >= 0.6 is 0 Å². The second kappa shape index (κ2) is 9.84. The van der Waals surface area contributed by atoms with Gasteiger partial charge in [-0.1, -0.05) is 6.08 Å². The van der Waals surface area contributed by atoms with Crippen LogP contribution in [0.2, 0.25) is 0 Å². The largest absolute Gasteiger partial charge is 0.497 e. The molecule has 0 radical (unpaired) electrons. The van der Waals surface area contributed by atoms with Crippen LogP contribution in [0.25, 0.3) is 11.3 Å². The van der Waals surface area contributed by atoms with Crippen LogP contribution in [0, 0.1) is 6.92 Å². The van der Waals surface area contributed by atoms with E-state index in [4.69, 9.17) is 24.3 Å². The van der Waals surface area contributed by atoms with Crippen molar-refractivity contribution in [2.75, 3.05) is 13.7 Å². The van der Waals surface area contributed by atoms with E-state index in [1.165, 1.54) is 0 Å². The van der Waals surface area contributed by atoms with Gasteiger partial charge in [0.05, 0.1) is 12.8 Å². The van der Waals surface area contributed by atoms with Crippen LogP contribution in [-0.4, -0.2) is 34.3 Å². The zero-order valence-corrected chi connectivity index (χ0v) is 18.1. The number of allylic oxidation sites excluding steroid dienone is 2. The molecule has 1 N–H and O–H groups in total. The highest BCUT2D eigenvalue weighted by Crippen LogP contribution is 2.25. The summed E-state index contributed by atoms with van der Waals surface area (Å²) < 4.78 is 18.5. The molecule has 0 atom stereocenters. The summed E-state index contributed by atoms with van der Waals surface area (Å²) in [6, 6.07) is 13.1. The minimum atomic E-state index is -1.01. The molecule has 0 aliphatic carbocycles. The van der Waals surface area contributed by atoms with Gasteiger partial charge in [0.1, 0.15) is 29.7 Å². The number of nitrogens with zero attached hydrogens (tertiary/aromatic N) is 2. The molecule has 0 unspecified atom stereocenters. The lowest BCUT2D eigenvalue weighted by Gasteiger charge is -2.10. The van der Waals surface area contributed by atoms with E-state index in [0.717, 1.165) is 34.1 Å². The van der Waals surface area contributed by atoms with Gasteiger partial charge in [0.2, 0.25) is 0 Å². The molecule has 0 saturated carbocycles. The molecule has 7 heteroatoms. The molecule has 3 rings (SSSR count). The van der Waals surface area contributed by atoms with Gasteiger partial charge in [-0.05, 0) is 74.4 Å². The number of ether oxygens (including phenoxy) is 3. The number of hydrogen-bond acceptors (Lipinski definition) is 5. The van der Waals surface area contributed by atoms with Crippen LogP contribution in [0.5, 0.6) is 17.2 Å². The second-order valence-corrected chi connectivity index (χ2v) is 6.99. The maximum absolute atomic E-state index is 10.7. The summed E-state index contributed by atoms with van der Waals surface area (Å²) in [5.41, 5.74) is 3.62. The zero-order chi connectivity index (χ0) is 22.4. The van der Waals surface area contributed by atoms with E-state index in [-0.39, 0.29) is 6.61 Å². The molecule has 0 saturated heterocycles. The van der Waals surface area contributed by atoms with Gasteiger partial charge in [0.25, 0.3) is 0 Å². The number of carboxylic acid groups (broad SMARTS) is 1. The fourth-order valence-electron chi connectivity index (χ4n) is 3.02. The lowest BCUT2D eigenvalue weighted by atomic mass is 10.2. The monoisotopic (exact) mass is 422 g/mol. The van der Waals surface area contributed by atoms with Crippen molar-refractivity contribution >= 4 is 11.5 Å². The van der Waals surface area contributed by atoms with Crippen molar-refractivity contribution in [2.24, 2.45) is 0 Å². The minimum Gasteiger partial charge on any atom is -0.497 e. The molecule has 0 aliphatic rings. The first-order valence-electron chi connectivity index (χ1n) is 9.85. The predicted molar refractivity (Wildman–Crippen MR) is 118 cm³/mol. The number of methoxy groups -OCH3 is 1. The molecule has 0 fully saturated rings. The van der Waals surface area contributed by atoms with Gasteiger partial charge < -0.3 is 19.3 Å². The highest BCUT2D eigenvalue weighted by atomic mass is 16.5. The Kier molecular flexibility index (Phi) is 6.97. The first-order valence-corrected chi connectivity index (χ1v) is 9.85. The summed E-state index contributed by atoms with van der Waals surface area (Å²) in [7, 11) is 1.64. The minimum absolute atomic E-state index is 0.294. The second-order valence-electron chi connectivity index (χ2n) is 6.99. The summed E-state index contributed by atoms with van der Waals surface area (Å²) in [5, 5.41) is 8.75. The summed E-state index contributed by atoms with van der Waals surface area (Å²) >= 11 is 0. The Morgan fingerprint density at radius 1 is 1.13 bits per heavy atom. The average molecular weight is 422 g/mol. The summed E-state index contributed by atoms with van der Waals surface area (Å²) in [5.74, 6) is 1.80. The molecule has 7 nitrogen and oxygen atoms in total. The van der Waals surface area contributed by atoms with Gasteiger partial charge in [0, 0.05) is 11.9 Å². The summed E-state index contributed by atoms with van der Waals surface area (Å²) in [6.07, 6.45) is 3.98. The number of rotatable bonds is 9. The molecule has 31 heavy (non-hydrogen) atoms. The van der Waals surface area contributed by atoms with E-state index < -0.39 is 5.97 Å². The number of benzene rings is 2. The van der Waals surface area contributed by atoms with E-state index in [1.54, 1.807) is 19.2 Å². The van der Waals surface area contributed by atoms with Gasteiger partial charge in [-0.25, -0.2) is 9.78 Å². The smallest absolute Gasteiger partial charge is 0.341 e. The van der Waals surface area contributed by atoms with Gasteiger partial charge >= 0.3 is 5.97 Å². The number of carbonyl (C=O) groups is 1. The van der Waals surface area contributed by atoms with E-state index in [1.807, 2.05) is 67.9 Å². The third kappa shape index (κ3) is 5.45. The highest BCUT2D eigenvalue weighted by molar-refractivity contribution is 5.68. The van der Waals surface area contributed by atoms with Crippen molar-refractivity contribution in [2.45, 2.75) is 27.4 Å². The predicted octanol–water partition coefficient (Wildman–Crippen LogP) is 4.65. The number of imidazole rings is 1. The molecule has 0 aliphatic heterocycles. The normalized spacial score (nSPS) is 11.3. The molecule has 1 aromatic heterocycles.